The second-order valence-electron chi connectivity index (χ2n) is 16.9. The molecule has 0 radical (unpaired) electrons. The van der Waals surface area contributed by atoms with Gasteiger partial charge in [0.25, 0.3) is 0 Å². The van der Waals surface area contributed by atoms with Crippen molar-refractivity contribution in [1.82, 2.24) is 20.9 Å². The van der Waals surface area contributed by atoms with Gasteiger partial charge in [-0.2, -0.15) is 0 Å². The number of hydrogen-bond acceptors (Lipinski definition) is 15. The molecule has 3 aliphatic rings. The molecule has 3 unspecified atom stereocenters. The maximum atomic E-state index is 13.1. The third-order valence-corrected chi connectivity index (χ3v) is 9.39. The van der Waals surface area contributed by atoms with Crippen molar-refractivity contribution < 1.29 is 68.3 Å². The molecule has 2 heterocycles. The Morgan fingerprint density at radius 3 is 2.24 bits per heavy atom. The molecule has 0 aromatic carbocycles. The number of ether oxygens (including phenoxy) is 6. The molecule has 2 aliphatic heterocycles. The minimum absolute atomic E-state index is 0.0919. The third-order valence-electron chi connectivity index (χ3n) is 9.39. The summed E-state index contributed by atoms with van der Waals surface area (Å²) in [5.41, 5.74) is -3.40. The van der Waals surface area contributed by atoms with Gasteiger partial charge in [0.15, 0.2) is 6.29 Å². The number of aliphatic hydroxyl groups excluding tert-OH is 4. The van der Waals surface area contributed by atoms with E-state index in [1.807, 2.05) is 6.92 Å². The minimum atomic E-state index is -1.75. The van der Waals surface area contributed by atoms with E-state index in [9.17, 15) is 39.9 Å². The van der Waals surface area contributed by atoms with Crippen LogP contribution in [0.4, 0.5) is 9.59 Å². The molecule has 2 fully saturated rings. The van der Waals surface area contributed by atoms with Gasteiger partial charge >= 0.3 is 12.2 Å². The predicted octanol–water partition coefficient (Wildman–Crippen LogP) is 0.613. The molecular weight excluding hydrogens is 724 g/mol. The Bertz CT molecular complexity index is 1300. The molecule has 8 N–H and O–H groups in total. The van der Waals surface area contributed by atoms with Crippen molar-refractivity contribution >= 4 is 18.1 Å². The Morgan fingerprint density at radius 1 is 1.00 bits per heavy atom. The number of hydrogen-bond donors (Lipinski definition) is 8. The highest BCUT2D eigenvalue weighted by Gasteiger charge is 2.54. The van der Waals surface area contributed by atoms with Crippen LogP contribution in [0.2, 0.25) is 0 Å². The van der Waals surface area contributed by atoms with Crippen molar-refractivity contribution in [3.05, 3.63) is 11.8 Å². The fraction of sp³-hybridized carbons (Fsp3) is 0.865. The van der Waals surface area contributed by atoms with Gasteiger partial charge in [-0.1, -0.05) is 20.3 Å². The van der Waals surface area contributed by atoms with Crippen LogP contribution in [0.3, 0.4) is 0 Å². The van der Waals surface area contributed by atoms with E-state index in [-0.39, 0.29) is 39.0 Å². The average molecular weight is 791 g/mol. The minimum Gasteiger partial charge on any atom is -0.466 e. The molecule has 18 heteroatoms. The normalized spacial score (nSPS) is 33.4. The van der Waals surface area contributed by atoms with Crippen LogP contribution in [0.5, 0.6) is 0 Å². The highest BCUT2D eigenvalue weighted by Crippen LogP contribution is 2.36. The first kappa shape index (κ1) is 46.6. The molecule has 0 bridgehead atoms. The predicted molar refractivity (Wildman–Crippen MR) is 197 cm³/mol. The maximum Gasteiger partial charge on any atom is 0.410 e. The number of nitrogens with one attached hydrogen (secondary N) is 3. The lowest BCUT2D eigenvalue weighted by molar-refractivity contribution is -0.313. The fourth-order valence-electron chi connectivity index (χ4n) is 6.88. The lowest BCUT2D eigenvalue weighted by Crippen LogP contribution is -2.69. The molecule has 1 saturated carbocycles. The molecule has 318 valence electrons. The lowest BCUT2D eigenvalue weighted by atomic mass is 9.79. The molecule has 1 aliphatic carbocycles. The third kappa shape index (κ3) is 13.4. The second-order valence-corrected chi connectivity index (χ2v) is 16.9. The van der Waals surface area contributed by atoms with E-state index < -0.39 is 102 Å². The first-order chi connectivity index (χ1) is 25.5. The van der Waals surface area contributed by atoms with E-state index in [4.69, 9.17) is 28.4 Å². The van der Waals surface area contributed by atoms with E-state index in [0.29, 0.717) is 18.7 Å². The summed E-state index contributed by atoms with van der Waals surface area (Å²) in [6, 6.07) is -2.97. The van der Waals surface area contributed by atoms with Crippen molar-refractivity contribution in [2.24, 2.45) is 5.92 Å². The van der Waals surface area contributed by atoms with Gasteiger partial charge in [0.2, 0.25) is 12.2 Å². The average Bonchev–Trinajstić information content (AvgIpc) is 3.05. The van der Waals surface area contributed by atoms with Crippen LogP contribution >= 0.6 is 0 Å². The van der Waals surface area contributed by atoms with Crippen LogP contribution in [0, 0.1) is 5.92 Å². The van der Waals surface area contributed by atoms with Crippen molar-refractivity contribution in [2.75, 3.05) is 33.4 Å². The molecule has 55 heavy (non-hydrogen) atoms. The highest BCUT2D eigenvalue weighted by molar-refractivity contribution is 5.80. The van der Waals surface area contributed by atoms with E-state index >= 15 is 0 Å². The zero-order valence-corrected chi connectivity index (χ0v) is 33.9. The van der Waals surface area contributed by atoms with Gasteiger partial charge in [-0.25, -0.2) is 9.59 Å². The topological polar surface area (TPSA) is 247 Å². The molecule has 0 aromatic rings. The van der Waals surface area contributed by atoms with E-state index in [1.165, 1.54) is 14.0 Å². The zero-order chi connectivity index (χ0) is 41.5. The summed E-state index contributed by atoms with van der Waals surface area (Å²) in [6.07, 6.45) is -8.12. The van der Waals surface area contributed by atoms with Crippen molar-refractivity contribution in [1.29, 1.82) is 0 Å². The Balaban J connectivity index is 1.94. The van der Waals surface area contributed by atoms with Crippen molar-refractivity contribution in [3.63, 3.8) is 0 Å². The van der Waals surface area contributed by atoms with Gasteiger partial charge in [-0.05, 0) is 79.7 Å². The first-order valence-corrected chi connectivity index (χ1v) is 19.1. The Morgan fingerprint density at radius 2 is 1.64 bits per heavy atom. The van der Waals surface area contributed by atoms with E-state index in [0.717, 1.165) is 4.90 Å². The lowest BCUT2D eigenvalue weighted by Gasteiger charge is -2.50. The summed E-state index contributed by atoms with van der Waals surface area (Å²) >= 11 is 0. The molecular formula is C37H66N4O14. The summed E-state index contributed by atoms with van der Waals surface area (Å²) in [6.45, 7) is 15.3. The second kappa shape index (κ2) is 19.6. The van der Waals surface area contributed by atoms with Gasteiger partial charge < -0.3 is 74.8 Å². The van der Waals surface area contributed by atoms with Crippen molar-refractivity contribution in [3.8, 4) is 0 Å². The summed E-state index contributed by atoms with van der Waals surface area (Å²) in [5.74, 6) is -0.676. The largest absolute Gasteiger partial charge is 0.466 e. The first-order valence-electron chi connectivity index (χ1n) is 19.1. The summed E-state index contributed by atoms with van der Waals surface area (Å²) < 4.78 is 35.7. The standard InChI is InChI=1S/C37H66N4O14/c1-11-12-24(43)30(46)39-23-17-20(2)27(52-31-22(40-33(47)54-35(3,4)5)14-13-21(51-31)18-38-15-16-42)25(44)28(23)53-32-26(45)29(37(9,49)19-50-32)41(10)34(48)55-36(6,7)8/h13,20,22-29,31-32,38,42-45,49H,11-12,14-19H2,1-10H3,(H,39,46)(H,40,47)/t20?,22?,23-,24+,25+,26-,27-,28+,29?,31-,32-,37+/m1/s1. The number of carbonyl (C=O) groups excluding carboxylic acids is 3. The Kier molecular flexibility index (Phi) is 16.6. The number of aliphatic hydroxyl groups is 5. The highest BCUT2D eigenvalue weighted by atomic mass is 16.7. The molecule has 0 aromatic heterocycles. The van der Waals surface area contributed by atoms with E-state index in [2.05, 4.69) is 16.0 Å². The number of rotatable bonds is 14. The molecule has 1 saturated heterocycles. The van der Waals surface area contributed by atoms with Crippen LogP contribution in [-0.2, 0) is 33.2 Å². The van der Waals surface area contributed by atoms with Gasteiger partial charge in [0, 0.05) is 13.6 Å². The van der Waals surface area contributed by atoms with Gasteiger partial charge in [-0.15, -0.1) is 0 Å². The van der Waals surface area contributed by atoms with Crippen LogP contribution in [-0.4, -0.2) is 160 Å². The monoisotopic (exact) mass is 790 g/mol. The Labute approximate surface area is 324 Å². The molecule has 0 spiro atoms. The number of carbonyl (C=O) groups is 3. The molecule has 3 amide bonds. The SMILES string of the molecule is CCC[C@H](O)C(=O)N[C@@H]1CC(C)[C@@H](O[C@H]2OC(CNCCO)=CCC2NC(=O)OC(C)(C)C)[C@H](O)[C@H]1O[C@H]1OC[C@](C)(O)C(N(C)C(=O)OC(C)(C)C)[C@H]1O. The summed E-state index contributed by atoms with van der Waals surface area (Å²) in [5, 5.41) is 63.3. The zero-order valence-electron chi connectivity index (χ0n) is 33.9. The number of alkyl carbamates (subject to hydrolysis) is 1. The van der Waals surface area contributed by atoms with Crippen LogP contribution in [0.15, 0.2) is 11.8 Å². The van der Waals surface area contributed by atoms with Crippen LogP contribution in [0.1, 0.15) is 88.0 Å². The maximum absolute atomic E-state index is 13.1. The number of amides is 3. The smallest absolute Gasteiger partial charge is 0.410 e. The quantitative estimate of drug-likeness (QED) is 0.112. The Hall–Kier alpha value is -2.81. The summed E-state index contributed by atoms with van der Waals surface area (Å²) in [4.78, 5) is 40.1. The van der Waals surface area contributed by atoms with E-state index in [1.54, 1.807) is 54.5 Å². The van der Waals surface area contributed by atoms with Gasteiger partial charge in [-0.3, -0.25) is 4.79 Å². The van der Waals surface area contributed by atoms with Gasteiger partial charge in [0.05, 0.1) is 44.0 Å². The number of nitrogens with zero attached hydrogens (tertiary/aromatic N) is 1. The molecule has 18 nitrogen and oxygen atoms in total. The fourth-order valence-corrected chi connectivity index (χ4v) is 6.88. The molecule has 12 atom stereocenters. The van der Waals surface area contributed by atoms with Gasteiger partial charge in [0.1, 0.15) is 47.0 Å². The van der Waals surface area contributed by atoms with Crippen LogP contribution in [0.25, 0.3) is 0 Å². The summed E-state index contributed by atoms with van der Waals surface area (Å²) in [7, 11) is 1.37. The van der Waals surface area contributed by atoms with Crippen molar-refractivity contribution in [2.45, 2.75) is 166 Å². The van der Waals surface area contributed by atoms with Crippen LogP contribution < -0.4 is 16.0 Å². The number of likely N-dealkylation sites (N-methyl/N-ethyl adjacent to an activating group) is 1. The molecule has 3 rings (SSSR count).